The summed E-state index contributed by atoms with van der Waals surface area (Å²) >= 11 is 3.30. The molecule has 78 valence electrons. The first kappa shape index (κ1) is 10.1. The third kappa shape index (κ3) is 2.15. The Labute approximate surface area is 90.0 Å². The van der Waals surface area contributed by atoms with Gasteiger partial charge >= 0.3 is 0 Å². The first-order chi connectivity index (χ1) is 6.65. The van der Waals surface area contributed by atoms with Gasteiger partial charge in [-0.25, -0.2) is 4.39 Å². The van der Waals surface area contributed by atoms with Crippen molar-refractivity contribution < 1.29 is 9.50 Å². The quantitative estimate of drug-likeness (QED) is 0.882. The number of aliphatic hydroxyl groups is 1. The fourth-order valence-corrected chi connectivity index (χ4v) is 2.24. The molecular weight excluding hydrogens is 251 g/mol. The number of aromatic nitrogens is 2. The molecule has 1 fully saturated rings. The van der Waals surface area contributed by atoms with E-state index in [1.807, 2.05) is 6.20 Å². The maximum absolute atomic E-state index is 13.0. The lowest BCUT2D eigenvalue weighted by Gasteiger charge is -2.07. The minimum atomic E-state index is -1.06. The molecule has 1 heterocycles. The van der Waals surface area contributed by atoms with Gasteiger partial charge in [-0.3, -0.25) is 4.68 Å². The molecule has 0 aromatic carbocycles. The molecule has 1 unspecified atom stereocenters. The number of rotatable bonds is 2. The second-order valence-corrected chi connectivity index (χ2v) is 4.72. The lowest BCUT2D eigenvalue weighted by atomic mass is 10.1. The van der Waals surface area contributed by atoms with E-state index >= 15 is 0 Å². The van der Waals surface area contributed by atoms with Gasteiger partial charge in [0.15, 0.2) is 0 Å². The Kier molecular flexibility index (Phi) is 2.88. The maximum atomic E-state index is 13.0. The molecule has 0 radical (unpaired) electrons. The van der Waals surface area contributed by atoms with E-state index in [4.69, 9.17) is 0 Å². The molecule has 0 saturated heterocycles. The van der Waals surface area contributed by atoms with Gasteiger partial charge in [-0.2, -0.15) is 5.10 Å². The lowest BCUT2D eigenvalue weighted by molar-refractivity contribution is 0.102. The summed E-state index contributed by atoms with van der Waals surface area (Å²) in [6, 6.07) is 0. The van der Waals surface area contributed by atoms with Gasteiger partial charge in [0.2, 0.25) is 0 Å². The van der Waals surface area contributed by atoms with Crippen LogP contribution in [0.15, 0.2) is 16.9 Å². The van der Waals surface area contributed by atoms with Gasteiger partial charge in [-0.1, -0.05) is 0 Å². The Hall–Kier alpha value is -0.420. The van der Waals surface area contributed by atoms with Gasteiger partial charge < -0.3 is 5.11 Å². The zero-order chi connectivity index (χ0) is 10.1. The normalized spacial score (nSPS) is 32.4. The number of halogens is 2. The minimum Gasteiger partial charge on any atom is -0.390 e. The van der Waals surface area contributed by atoms with Gasteiger partial charge in [0.05, 0.1) is 16.8 Å². The fraction of sp³-hybridized carbons (Fsp3) is 0.667. The monoisotopic (exact) mass is 262 g/mol. The topological polar surface area (TPSA) is 38.0 Å². The summed E-state index contributed by atoms with van der Waals surface area (Å²) in [7, 11) is 0. The standard InChI is InChI=1S/C9H12BrFN2O/c10-7-3-12-13(5-7)4-6-1-8(11)9(14)2-6/h3,5-6,8-9,14H,1-2,4H2/t6?,8-,9-/m0/s1. The molecule has 0 aliphatic heterocycles. The van der Waals surface area contributed by atoms with Crippen LogP contribution < -0.4 is 0 Å². The van der Waals surface area contributed by atoms with Crippen LogP contribution >= 0.6 is 15.9 Å². The largest absolute Gasteiger partial charge is 0.390 e. The van der Waals surface area contributed by atoms with Crippen molar-refractivity contribution in [2.24, 2.45) is 5.92 Å². The van der Waals surface area contributed by atoms with Crippen molar-refractivity contribution in [3.05, 3.63) is 16.9 Å². The Bertz CT molecular complexity index is 308. The SMILES string of the molecule is O[C@H]1CC(Cn2cc(Br)cn2)C[C@@H]1F. The Morgan fingerprint density at radius 3 is 2.93 bits per heavy atom. The van der Waals surface area contributed by atoms with E-state index in [1.165, 1.54) is 0 Å². The van der Waals surface area contributed by atoms with E-state index in [9.17, 15) is 9.50 Å². The van der Waals surface area contributed by atoms with Gasteiger partial charge in [-0.15, -0.1) is 0 Å². The number of alkyl halides is 1. The predicted octanol–water partition coefficient (Wildman–Crippen LogP) is 1.75. The highest BCUT2D eigenvalue weighted by Gasteiger charge is 2.32. The summed E-state index contributed by atoms with van der Waals surface area (Å²) in [6.07, 6.45) is 2.71. The first-order valence-corrected chi connectivity index (χ1v) is 5.44. The van der Waals surface area contributed by atoms with Crippen LogP contribution in [0.2, 0.25) is 0 Å². The Morgan fingerprint density at radius 1 is 1.64 bits per heavy atom. The number of hydrogen-bond donors (Lipinski definition) is 1. The van der Waals surface area contributed by atoms with Crippen LogP contribution in [0, 0.1) is 5.92 Å². The molecule has 1 aliphatic rings. The van der Waals surface area contributed by atoms with Crippen LogP contribution in [0.25, 0.3) is 0 Å². The van der Waals surface area contributed by atoms with Crippen molar-refractivity contribution in [1.29, 1.82) is 0 Å². The average molecular weight is 263 g/mol. The molecule has 3 atom stereocenters. The van der Waals surface area contributed by atoms with Crippen molar-refractivity contribution in [3.8, 4) is 0 Å². The van der Waals surface area contributed by atoms with E-state index in [0.29, 0.717) is 19.4 Å². The molecule has 5 heteroatoms. The van der Waals surface area contributed by atoms with Gasteiger partial charge in [-0.05, 0) is 34.7 Å². The number of aliphatic hydroxyl groups excluding tert-OH is 1. The van der Waals surface area contributed by atoms with Crippen molar-refractivity contribution in [1.82, 2.24) is 9.78 Å². The Morgan fingerprint density at radius 2 is 2.43 bits per heavy atom. The molecule has 0 amide bonds. The zero-order valence-electron chi connectivity index (χ0n) is 7.61. The summed E-state index contributed by atoms with van der Waals surface area (Å²) < 4.78 is 15.7. The smallest absolute Gasteiger partial charge is 0.126 e. The van der Waals surface area contributed by atoms with Crippen LogP contribution in [0.5, 0.6) is 0 Å². The van der Waals surface area contributed by atoms with E-state index in [0.717, 1.165) is 4.47 Å². The van der Waals surface area contributed by atoms with Crippen molar-refractivity contribution in [2.75, 3.05) is 0 Å². The zero-order valence-corrected chi connectivity index (χ0v) is 9.19. The maximum Gasteiger partial charge on any atom is 0.126 e. The molecule has 1 aromatic rings. The predicted molar refractivity (Wildman–Crippen MR) is 53.6 cm³/mol. The van der Waals surface area contributed by atoms with E-state index in [-0.39, 0.29) is 5.92 Å². The molecule has 1 saturated carbocycles. The molecule has 1 aliphatic carbocycles. The molecule has 3 nitrogen and oxygen atoms in total. The molecule has 1 aromatic heterocycles. The average Bonchev–Trinajstić information content (AvgIpc) is 2.62. The van der Waals surface area contributed by atoms with E-state index < -0.39 is 12.3 Å². The van der Waals surface area contributed by atoms with Crippen LogP contribution in [0.4, 0.5) is 4.39 Å². The molecule has 0 bridgehead atoms. The summed E-state index contributed by atoms with van der Waals surface area (Å²) in [4.78, 5) is 0. The molecule has 1 N–H and O–H groups in total. The van der Waals surface area contributed by atoms with E-state index in [2.05, 4.69) is 21.0 Å². The third-order valence-corrected chi connectivity index (χ3v) is 3.01. The summed E-state index contributed by atoms with van der Waals surface area (Å²) in [5, 5.41) is 13.3. The number of nitrogens with zero attached hydrogens (tertiary/aromatic N) is 2. The van der Waals surface area contributed by atoms with Gasteiger partial charge in [0.25, 0.3) is 0 Å². The minimum absolute atomic E-state index is 0.201. The highest BCUT2D eigenvalue weighted by Crippen LogP contribution is 2.29. The Balaban J connectivity index is 1.93. The second-order valence-electron chi connectivity index (χ2n) is 3.80. The number of hydrogen-bond acceptors (Lipinski definition) is 2. The fourth-order valence-electron chi connectivity index (χ4n) is 1.91. The van der Waals surface area contributed by atoms with Crippen LogP contribution in [0.1, 0.15) is 12.8 Å². The third-order valence-electron chi connectivity index (χ3n) is 2.60. The summed E-state index contributed by atoms with van der Waals surface area (Å²) in [5.74, 6) is 0.201. The molecular formula is C9H12BrFN2O. The van der Waals surface area contributed by atoms with Gasteiger partial charge in [0, 0.05) is 12.7 Å². The van der Waals surface area contributed by atoms with Crippen molar-refractivity contribution in [2.45, 2.75) is 31.7 Å². The molecule has 2 rings (SSSR count). The van der Waals surface area contributed by atoms with Gasteiger partial charge in [0.1, 0.15) is 6.17 Å². The second kappa shape index (κ2) is 3.98. The van der Waals surface area contributed by atoms with Crippen molar-refractivity contribution in [3.63, 3.8) is 0 Å². The highest BCUT2D eigenvalue weighted by molar-refractivity contribution is 9.10. The summed E-state index contributed by atoms with van der Waals surface area (Å²) in [5.41, 5.74) is 0. The molecule has 0 spiro atoms. The van der Waals surface area contributed by atoms with Crippen molar-refractivity contribution >= 4 is 15.9 Å². The van der Waals surface area contributed by atoms with Crippen LogP contribution in [-0.2, 0) is 6.54 Å². The highest BCUT2D eigenvalue weighted by atomic mass is 79.9. The summed E-state index contributed by atoms with van der Waals surface area (Å²) in [6.45, 7) is 0.684. The van der Waals surface area contributed by atoms with E-state index in [1.54, 1.807) is 10.9 Å². The lowest BCUT2D eigenvalue weighted by Crippen LogP contribution is -2.12. The van der Waals surface area contributed by atoms with Crippen LogP contribution in [-0.4, -0.2) is 27.2 Å². The molecule has 14 heavy (non-hydrogen) atoms. The van der Waals surface area contributed by atoms with Crippen LogP contribution in [0.3, 0.4) is 0 Å². The first-order valence-electron chi connectivity index (χ1n) is 4.65.